The van der Waals surface area contributed by atoms with Crippen molar-refractivity contribution in [2.45, 2.75) is 51.1 Å². The topological polar surface area (TPSA) is 91.0 Å². The SMILES string of the molecule is COc1ccc(CCC(=O)N2CCCN(C(C)C(=O)NC(=O)NC3CC3)CC2)cc1. The van der Waals surface area contributed by atoms with Crippen molar-refractivity contribution in [3.05, 3.63) is 29.8 Å². The van der Waals surface area contributed by atoms with Crippen LogP contribution in [0.3, 0.4) is 0 Å². The molecule has 1 atom stereocenters. The van der Waals surface area contributed by atoms with Gasteiger partial charge in [-0.25, -0.2) is 4.79 Å². The van der Waals surface area contributed by atoms with Crippen LogP contribution in [0.5, 0.6) is 5.75 Å². The lowest BCUT2D eigenvalue weighted by atomic mass is 10.1. The summed E-state index contributed by atoms with van der Waals surface area (Å²) >= 11 is 0. The van der Waals surface area contributed by atoms with Gasteiger partial charge in [-0.3, -0.25) is 19.8 Å². The van der Waals surface area contributed by atoms with Crippen LogP contribution >= 0.6 is 0 Å². The summed E-state index contributed by atoms with van der Waals surface area (Å²) in [5, 5.41) is 5.19. The minimum atomic E-state index is -0.417. The van der Waals surface area contributed by atoms with Gasteiger partial charge in [0.2, 0.25) is 11.8 Å². The normalized spacial score (nSPS) is 18.3. The lowest BCUT2D eigenvalue weighted by Gasteiger charge is -2.26. The number of nitrogens with one attached hydrogen (secondary N) is 2. The Hall–Kier alpha value is -2.61. The fraction of sp³-hybridized carbons (Fsp3) is 0.591. The van der Waals surface area contributed by atoms with E-state index >= 15 is 0 Å². The summed E-state index contributed by atoms with van der Waals surface area (Å²) < 4.78 is 5.16. The second-order valence-corrected chi connectivity index (χ2v) is 8.03. The number of benzene rings is 1. The monoisotopic (exact) mass is 416 g/mol. The first kappa shape index (κ1) is 22.1. The maximum Gasteiger partial charge on any atom is 0.321 e. The van der Waals surface area contributed by atoms with Crippen molar-refractivity contribution < 1.29 is 19.1 Å². The van der Waals surface area contributed by atoms with Gasteiger partial charge in [0.15, 0.2) is 0 Å². The molecule has 30 heavy (non-hydrogen) atoms. The quantitative estimate of drug-likeness (QED) is 0.704. The molecular weight excluding hydrogens is 384 g/mol. The molecule has 1 saturated carbocycles. The minimum Gasteiger partial charge on any atom is -0.497 e. The van der Waals surface area contributed by atoms with E-state index in [-0.39, 0.29) is 17.9 Å². The largest absolute Gasteiger partial charge is 0.497 e. The van der Waals surface area contributed by atoms with Crippen molar-refractivity contribution in [1.29, 1.82) is 0 Å². The smallest absolute Gasteiger partial charge is 0.321 e. The highest BCUT2D eigenvalue weighted by Gasteiger charge is 2.28. The maximum atomic E-state index is 12.7. The molecule has 1 aliphatic carbocycles. The van der Waals surface area contributed by atoms with Gasteiger partial charge in [-0.1, -0.05) is 12.1 Å². The number of imide groups is 1. The van der Waals surface area contributed by atoms with Gasteiger partial charge < -0.3 is 15.0 Å². The van der Waals surface area contributed by atoms with E-state index in [0.717, 1.165) is 37.1 Å². The second-order valence-electron chi connectivity index (χ2n) is 8.03. The molecule has 1 unspecified atom stereocenters. The van der Waals surface area contributed by atoms with Crippen molar-refractivity contribution in [3.63, 3.8) is 0 Å². The third kappa shape index (κ3) is 6.45. The van der Waals surface area contributed by atoms with Gasteiger partial charge in [0.05, 0.1) is 13.2 Å². The zero-order valence-corrected chi connectivity index (χ0v) is 17.9. The summed E-state index contributed by atoms with van der Waals surface area (Å²) in [4.78, 5) is 40.8. The maximum absolute atomic E-state index is 12.7. The molecule has 1 aliphatic heterocycles. The highest BCUT2D eigenvalue weighted by atomic mass is 16.5. The molecule has 1 heterocycles. The highest BCUT2D eigenvalue weighted by Crippen LogP contribution is 2.18. The minimum absolute atomic E-state index is 0.133. The van der Waals surface area contributed by atoms with Crippen molar-refractivity contribution in [3.8, 4) is 5.75 Å². The Bertz CT molecular complexity index is 748. The third-order valence-corrected chi connectivity index (χ3v) is 5.75. The van der Waals surface area contributed by atoms with E-state index in [0.29, 0.717) is 32.5 Å². The van der Waals surface area contributed by atoms with Crippen molar-refractivity contribution in [2.24, 2.45) is 0 Å². The van der Waals surface area contributed by atoms with Crippen LogP contribution in [-0.4, -0.2) is 73.0 Å². The number of amides is 4. The third-order valence-electron chi connectivity index (χ3n) is 5.75. The van der Waals surface area contributed by atoms with Gasteiger partial charge in [0.1, 0.15) is 5.75 Å². The van der Waals surface area contributed by atoms with Gasteiger partial charge in [-0.15, -0.1) is 0 Å². The molecule has 4 amide bonds. The summed E-state index contributed by atoms with van der Waals surface area (Å²) in [6, 6.07) is 7.15. The van der Waals surface area contributed by atoms with E-state index in [1.807, 2.05) is 34.1 Å². The van der Waals surface area contributed by atoms with Crippen LogP contribution in [0.1, 0.15) is 38.2 Å². The number of carbonyl (C=O) groups excluding carboxylic acids is 3. The standard InChI is InChI=1S/C22H32N4O4/c1-16(21(28)24-22(29)23-18-7-8-18)25-12-3-13-26(15-14-25)20(27)11-6-17-4-9-19(30-2)10-5-17/h4-5,9-10,16,18H,3,6-8,11-15H2,1-2H3,(H2,23,24,28,29). The Morgan fingerprint density at radius 2 is 1.83 bits per heavy atom. The lowest BCUT2D eigenvalue weighted by molar-refractivity contribution is -0.131. The molecule has 8 heteroatoms. The Morgan fingerprint density at radius 1 is 1.10 bits per heavy atom. The predicted molar refractivity (Wildman–Crippen MR) is 113 cm³/mol. The van der Waals surface area contributed by atoms with Crippen molar-refractivity contribution in [1.82, 2.24) is 20.4 Å². The van der Waals surface area contributed by atoms with Crippen LogP contribution in [0.2, 0.25) is 0 Å². The van der Waals surface area contributed by atoms with Crippen LogP contribution in [-0.2, 0) is 16.0 Å². The fourth-order valence-electron chi connectivity index (χ4n) is 3.61. The second kappa shape index (κ2) is 10.4. The highest BCUT2D eigenvalue weighted by molar-refractivity contribution is 5.97. The molecule has 1 aromatic rings. The number of methoxy groups -OCH3 is 1. The molecular formula is C22H32N4O4. The zero-order valence-electron chi connectivity index (χ0n) is 17.9. The first-order valence-electron chi connectivity index (χ1n) is 10.7. The van der Waals surface area contributed by atoms with E-state index in [1.165, 1.54) is 0 Å². The van der Waals surface area contributed by atoms with Gasteiger partial charge >= 0.3 is 6.03 Å². The number of carbonyl (C=O) groups is 3. The first-order chi connectivity index (χ1) is 14.5. The number of aryl methyl sites for hydroxylation is 1. The van der Waals surface area contributed by atoms with E-state index in [4.69, 9.17) is 4.74 Å². The van der Waals surface area contributed by atoms with Crippen molar-refractivity contribution in [2.75, 3.05) is 33.3 Å². The average molecular weight is 417 g/mol. The van der Waals surface area contributed by atoms with E-state index in [1.54, 1.807) is 14.0 Å². The average Bonchev–Trinajstić information content (AvgIpc) is 3.58. The van der Waals surface area contributed by atoms with E-state index in [2.05, 4.69) is 10.6 Å². The summed E-state index contributed by atoms with van der Waals surface area (Å²) in [7, 11) is 1.63. The zero-order chi connectivity index (χ0) is 21.5. The van der Waals surface area contributed by atoms with Gasteiger partial charge in [-0.05, 0) is 50.3 Å². The van der Waals surface area contributed by atoms with E-state index in [9.17, 15) is 14.4 Å². The Morgan fingerprint density at radius 3 is 2.50 bits per heavy atom. The van der Waals surface area contributed by atoms with Crippen molar-refractivity contribution >= 4 is 17.8 Å². The number of hydrogen-bond acceptors (Lipinski definition) is 5. The van der Waals surface area contributed by atoms with Crippen LogP contribution in [0.25, 0.3) is 0 Å². The van der Waals surface area contributed by atoms with E-state index < -0.39 is 12.1 Å². The molecule has 2 fully saturated rings. The Labute approximate surface area is 177 Å². The predicted octanol–water partition coefficient (Wildman–Crippen LogP) is 1.54. The van der Waals surface area contributed by atoms with Gasteiger partial charge in [-0.2, -0.15) is 0 Å². The number of hydrogen-bond donors (Lipinski definition) is 2. The molecule has 2 N–H and O–H groups in total. The summed E-state index contributed by atoms with van der Waals surface area (Å²) in [6.45, 7) is 4.43. The van der Waals surface area contributed by atoms with Crippen LogP contribution in [0.15, 0.2) is 24.3 Å². The Balaban J connectivity index is 1.43. The molecule has 1 saturated heterocycles. The number of rotatable bonds is 7. The molecule has 164 valence electrons. The lowest BCUT2D eigenvalue weighted by Crippen LogP contribution is -2.50. The molecule has 0 bridgehead atoms. The molecule has 3 rings (SSSR count). The van der Waals surface area contributed by atoms with Gasteiger partial charge in [0.25, 0.3) is 0 Å². The molecule has 0 spiro atoms. The molecule has 1 aromatic carbocycles. The molecule has 0 aromatic heterocycles. The number of urea groups is 1. The number of nitrogens with zero attached hydrogens (tertiary/aromatic N) is 2. The Kier molecular flexibility index (Phi) is 7.68. The van der Waals surface area contributed by atoms with Gasteiger partial charge in [0, 0.05) is 38.6 Å². The fourth-order valence-corrected chi connectivity index (χ4v) is 3.61. The summed E-state index contributed by atoms with van der Waals surface area (Å²) in [5.74, 6) is 0.641. The summed E-state index contributed by atoms with van der Waals surface area (Å²) in [5.41, 5.74) is 1.11. The van der Waals surface area contributed by atoms with Crippen LogP contribution in [0.4, 0.5) is 4.79 Å². The molecule has 0 radical (unpaired) electrons. The first-order valence-corrected chi connectivity index (χ1v) is 10.7. The van der Waals surface area contributed by atoms with Crippen LogP contribution < -0.4 is 15.4 Å². The summed E-state index contributed by atoms with van der Waals surface area (Å²) in [6.07, 6.45) is 3.92. The number of ether oxygens (including phenoxy) is 1. The molecule has 8 nitrogen and oxygen atoms in total. The van der Waals surface area contributed by atoms with Crippen LogP contribution in [0, 0.1) is 0 Å². The molecule has 2 aliphatic rings.